The van der Waals surface area contributed by atoms with E-state index in [9.17, 15) is 4.79 Å². The summed E-state index contributed by atoms with van der Waals surface area (Å²) in [6, 6.07) is 15.7. The number of nitrogens with one attached hydrogen (secondary N) is 1. The average Bonchev–Trinajstić information content (AvgIpc) is 3.00. The highest BCUT2D eigenvalue weighted by Crippen LogP contribution is 2.29. The van der Waals surface area contributed by atoms with Gasteiger partial charge in [-0.1, -0.05) is 24.6 Å². The number of amides is 1. The molecule has 2 aromatic rings. The van der Waals surface area contributed by atoms with Crippen molar-refractivity contribution in [1.82, 2.24) is 10.2 Å². The third kappa shape index (κ3) is 4.42. The molecule has 2 fully saturated rings. The van der Waals surface area contributed by atoms with Crippen LogP contribution in [0.15, 0.2) is 42.5 Å². The largest absolute Gasteiger partial charge is 0.316 e. The summed E-state index contributed by atoms with van der Waals surface area (Å²) in [7, 11) is 1.90. The van der Waals surface area contributed by atoms with Crippen molar-refractivity contribution in [3.05, 3.63) is 64.7 Å². The van der Waals surface area contributed by atoms with Crippen molar-refractivity contribution in [2.24, 2.45) is 0 Å². The van der Waals surface area contributed by atoms with Crippen LogP contribution < -0.4 is 10.2 Å². The molecule has 1 amide bonds. The van der Waals surface area contributed by atoms with Crippen molar-refractivity contribution < 1.29 is 4.79 Å². The Morgan fingerprint density at radius 2 is 1.74 bits per heavy atom. The highest BCUT2D eigenvalue weighted by atomic mass is 16.2. The summed E-state index contributed by atoms with van der Waals surface area (Å²) in [4.78, 5) is 17.7. The molecule has 0 radical (unpaired) electrons. The molecule has 1 saturated carbocycles. The normalized spacial score (nSPS) is 22.3. The zero-order chi connectivity index (χ0) is 21.2. The number of benzene rings is 2. The summed E-state index contributed by atoms with van der Waals surface area (Å²) >= 11 is 0. The van der Waals surface area contributed by atoms with Gasteiger partial charge in [0.05, 0.1) is 0 Å². The van der Waals surface area contributed by atoms with Gasteiger partial charge in [-0.05, 0) is 91.9 Å². The molecule has 4 nitrogen and oxygen atoms in total. The number of piperidine rings is 1. The van der Waals surface area contributed by atoms with Gasteiger partial charge < -0.3 is 10.2 Å². The molecule has 2 aliphatic heterocycles. The van der Waals surface area contributed by atoms with Crippen LogP contribution >= 0.6 is 0 Å². The highest BCUT2D eigenvalue weighted by molar-refractivity contribution is 6.05. The van der Waals surface area contributed by atoms with Crippen molar-refractivity contribution in [3.8, 4) is 0 Å². The lowest BCUT2D eigenvalue weighted by Gasteiger charge is -2.36. The van der Waals surface area contributed by atoms with E-state index in [-0.39, 0.29) is 5.91 Å². The first-order valence-corrected chi connectivity index (χ1v) is 12.1. The van der Waals surface area contributed by atoms with Gasteiger partial charge in [0.2, 0.25) is 0 Å². The van der Waals surface area contributed by atoms with Crippen molar-refractivity contribution in [2.45, 2.75) is 56.9 Å². The minimum atomic E-state index is 0.0676. The van der Waals surface area contributed by atoms with Gasteiger partial charge in [-0.3, -0.25) is 9.69 Å². The summed E-state index contributed by atoms with van der Waals surface area (Å²) in [5.41, 5.74) is 5.98. The Morgan fingerprint density at radius 1 is 0.968 bits per heavy atom. The topological polar surface area (TPSA) is 35.6 Å². The van der Waals surface area contributed by atoms with Crippen LogP contribution in [0.1, 0.15) is 65.1 Å². The first-order valence-electron chi connectivity index (χ1n) is 12.1. The molecule has 1 N–H and O–H groups in total. The SMILES string of the molecule is CN(C(=O)c1ccc(C2CCCNC2)cc1)c1ccc2c(c1)CCN(C1CCC1)CC2. The van der Waals surface area contributed by atoms with Crippen molar-refractivity contribution in [3.63, 3.8) is 0 Å². The minimum Gasteiger partial charge on any atom is -0.316 e. The van der Waals surface area contributed by atoms with E-state index >= 15 is 0 Å². The Kier molecular flexibility index (Phi) is 6.10. The van der Waals surface area contributed by atoms with E-state index in [2.05, 4.69) is 40.5 Å². The second-order valence-corrected chi connectivity index (χ2v) is 9.60. The Bertz CT molecular complexity index is 913. The van der Waals surface area contributed by atoms with Gasteiger partial charge in [0, 0.05) is 44.0 Å². The molecule has 1 atom stereocenters. The Hall–Kier alpha value is -2.17. The van der Waals surface area contributed by atoms with Gasteiger partial charge >= 0.3 is 0 Å². The molecule has 3 aliphatic rings. The summed E-state index contributed by atoms with van der Waals surface area (Å²) in [5, 5.41) is 3.48. The third-order valence-corrected chi connectivity index (χ3v) is 7.74. The molecule has 1 aliphatic carbocycles. The maximum Gasteiger partial charge on any atom is 0.258 e. The van der Waals surface area contributed by atoms with E-state index in [1.54, 1.807) is 0 Å². The van der Waals surface area contributed by atoms with Gasteiger partial charge in [0.15, 0.2) is 0 Å². The van der Waals surface area contributed by atoms with E-state index in [0.717, 1.165) is 49.8 Å². The van der Waals surface area contributed by atoms with Gasteiger partial charge in [-0.2, -0.15) is 0 Å². The Labute approximate surface area is 186 Å². The first kappa shape index (κ1) is 20.7. The molecule has 1 unspecified atom stereocenters. The third-order valence-electron chi connectivity index (χ3n) is 7.74. The van der Waals surface area contributed by atoms with E-state index in [1.165, 1.54) is 55.3 Å². The standard InChI is InChI=1S/C27H35N3O/c1-29(27(31)22-9-7-20(8-10-22)24-4-3-15-28-19-24)26-12-11-21-13-16-30(25-5-2-6-25)17-14-23(21)18-26/h7-12,18,24-25,28H,2-6,13-17,19H2,1H3. The fourth-order valence-corrected chi connectivity index (χ4v) is 5.40. The zero-order valence-corrected chi connectivity index (χ0v) is 18.8. The predicted molar refractivity (Wildman–Crippen MR) is 127 cm³/mol. The second kappa shape index (κ2) is 9.13. The van der Waals surface area contributed by atoms with Gasteiger partial charge in [0.25, 0.3) is 5.91 Å². The lowest BCUT2D eigenvalue weighted by molar-refractivity contribution is 0.0993. The van der Waals surface area contributed by atoms with Crippen LogP contribution in [0.2, 0.25) is 0 Å². The highest BCUT2D eigenvalue weighted by Gasteiger charge is 2.26. The number of nitrogens with zero attached hydrogens (tertiary/aromatic N) is 2. The van der Waals surface area contributed by atoms with E-state index in [4.69, 9.17) is 0 Å². The summed E-state index contributed by atoms with van der Waals surface area (Å²) in [6.45, 7) is 4.49. The molecule has 164 valence electrons. The quantitative estimate of drug-likeness (QED) is 0.802. The molecule has 31 heavy (non-hydrogen) atoms. The maximum atomic E-state index is 13.2. The molecular weight excluding hydrogens is 382 g/mol. The Morgan fingerprint density at radius 3 is 2.42 bits per heavy atom. The predicted octanol–water partition coefficient (Wildman–Crippen LogP) is 4.38. The van der Waals surface area contributed by atoms with E-state index in [0.29, 0.717) is 5.92 Å². The lowest BCUT2D eigenvalue weighted by Crippen LogP contribution is -2.41. The van der Waals surface area contributed by atoms with Crippen LogP contribution in [0.5, 0.6) is 0 Å². The Balaban J connectivity index is 1.27. The van der Waals surface area contributed by atoms with Crippen LogP contribution in [-0.2, 0) is 12.8 Å². The molecule has 4 heteroatoms. The van der Waals surface area contributed by atoms with E-state index < -0.39 is 0 Å². The summed E-state index contributed by atoms with van der Waals surface area (Å²) in [5.74, 6) is 0.637. The second-order valence-electron chi connectivity index (χ2n) is 9.60. The zero-order valence-electron chi connectivity index (χ0n) is 18.8. The van der Waals surface area contributed by atoms with Crippen LogP contribution in [0.4, 0.5) is 5.69 Å². The maximum absolute atomic E-state index is 13.2. The average molecular weight is 418 g/mol. The van der Waals surface area contributed by atoms with Gasteiger partial charge in [-0.15, -0.1) is 0 Å². The van der Waals surface area contributed by atoms with Crippen LogP contribution in [-0.4, -0.2) is 50.1 Å². The molecule has 0 spiro atoms. The molecular formula is C27H35N3O. The number of fused-ring (bicyclic) bond motifs is 1. The van der Waals surface area contributed by atoms with Crippen LogP contribution in [0, 0.1) is 0 Å². The first-order chi connectivity index (χ1) is 15.2. The fourth-order valence-electron chi connectivity index (χ4n) is 5.40. The molecule has 1 saturated heterocycles. The van der Waals surface area contributed by atoms with Crippen LogP contribution in [0.3, 0.4) is 0 Å². The monoisotopic (exact) mass is 417 g/mol. The number of hydrogen-bond acceptors (Lipinski definition) is 3. The number of anilines is 1. The smallest absolute Gasteiger partial charge is 0.258 e. The molecule has 2 aromatic carbocycles. The molecule has 0 aromatic heterocycles. The minimum absolute atomic E-state index is 0.0676. The molecule has 5 rings (SSSR count). The molecule has 2 heterocycles. The number of rotatable bonds is 4. The van der Waals surface area contributed by atoms with Crippen molar-refractivity contribution in [2.75, 3.05) is 38.1 Å². The molecule has 0 bridgehead atoms. The number of hydrogen-bond donors (Lipinski definition) is 1. The van der Waals surface area contributed by atoms with E-state index in [1.807, 2.05) is 24.1 Å². The lowest BCUT2D eigenvalue weighted by atomic mass is 9.91. The van der Waals surface area contributed by atoms with Crippen LogP contribution in [0.25, 0.3) is 0 Å². The summed E-state index contributed by atoms with van der Waals surface area (Å²) < 4.78 is 0. The van der Waals surface area contributed by atoms with Gasteiger partial charge in [-0.25, -0.2) is 0 Å². The fraction of sp³-hybridized carbons (Fsp3) is 0.519. The van der Waals surface area contributed by atoms with Crippen molar-refractivity contribution in [1.29, 1.82) is 0 Å². The number of carbonyl (C=O) groups is 1. The number of carbonyl (C=O) groups excluding carboxylic acids is 1. The van der Waals surface area contributed by atoms with Crippen molar-refractivity contribution >= 4 is 11.6 Å². The van der Waals surface area contributed by atoms with Gasteiger partial charge in [0.1, 0.15) is 0 Å². The summed E-state index contributed by atoms with van der Waals surface area (Å²) in [6.07, 6.45) is 8.80.